The lowest BCUT2D eigenvalue weighted by atomic mass is 9.97. The van der Waals surface area contributed by atoms with E-state index in [1.54, 1.807) is 24.3 Å². The van der Waals surface area contributed by atoms with Gasteiger partial charge in [0.15, 0.2) is 0 Å². The molecule has 1 saturated heterocycles. The van der Waals surface area contributed by atoms with Gasteiger partial charge in [0.2, 0.25) is 0 Å². The van der Waals surface area contributed by atoms with Gasteiger partial charge in [0, 0.05) is 30.9 Å². The van der Waals surface area contributed by atoms with Crippen molar-refractivity contribution in [1.29, 1.82) is 0 Å². The van der Waals surface area contributed by atoms with Crippen molar-refractivity contribution in [3.63, 3.8) is 0 Å². The average Bonchev–Trinajstić information content (AvgIpc) is 2.85. The normalized spacial score (nSPS) is 16.6. The van der Waals surface area contributed by atoms with E-state index >= 15 is 0 Å². The van der Waals surface area contributed by atoms with Crippen LogP contribution in [-0.4, -0.2) is 38.9 Å². The molecule has 3 aromatic rings. The summed E-state index contributed by atoms with van der Waals surface area (Å²) in [6, 6.07) is 20.3. The first-order valence-electron chi connectivity index (χ1n) is 11.7. The van der Waals surface area contributed by atoms with Gasteiger partial charge in [-0.1, -0.05) is 30.3 Å². The summed E-state index contributed by atoms with van der Waals surface area (Å²) in [5.74, 6) is -0.258. The minimum atomic E-state index is -3.86. The molecule has 1 unspecified atom stereocenters. The molecule has 0 spiro atoms. The summed E-state index contributed by atoms with van der Waals surface area (Å²) in [5, 5.41) is 3.02. The Balaban J connectivity index is 1.29. The number of sulfonamides is 1. The summed E-state index contributed by atoms with van der Waals surface area (Å²) in [6.45, 7) is 5.03. The quantitative estimate of drug-likeness (QED) is 0.480. The van der Waals surface area contributed by atoms with E-state index in [1.807, 2.05) is 6.07 Å². The fraction of sp³-hybridized carbons (Fsp3) is 0.296. The summed E-state index contributed by atoms with van der Waals surface area (Å²) in [4.78, 5) is 15.1. The second kappa shape index (κ2) is 11.0. The van der Waals surface area contributed by atoms with E-state index in [-0.39, 0.29) is 16.4 Å². The van der Waals surface area contributed by atoms with Crippen molar-refractivity contribution in [3.8, 4) is 0 Å². The number of carbonyl (C=O) groups excluding carboxylic acids is 1. The Morgan fingerprint density at radius 3 is 2.51 bits per heavy atom. The zero-order chi connectivity index (χ0) is 24.8. The number of carbonyl (C=O) groups is 1. The highest BCUT2D eigenvalue weighted by Crippen LogP contribution is 2.20. The topological polar surface area (TPSA) is 78.5 Å². The predicted octanol–water partition coefficient (Wildman–Crippen LogP) is 4.58. The van der Waals surface area contributed by atoms with Crippen LogP contribution in [0.1, 0.15) is 34.3 Å². The lowest BCUT2D eigenvalue weighted by Gasteiger charge is -2.32. The summed E-state index contributed by atoms with van der Waals surface area (Å²) in [6.07, 6.45) is 2.19. The highest BCUT2D eigenvalue weighted by molar-refractivity contribution is 7.92. The Morgan fingerprint density at radius 1 is 1.06 bits per heavy atom. The number of halogens is 1. The van der Waals surface area contributed by atoms with Crippen LogP contribution in [0.5, 0.6) is 0 Å². The first-order chi connectivity index (χ1) is 16.8. The molecule has 0 aromatic heterocycles. The van der Waals surface area contributed by atoms with Crippen LogP contribution >= 0.6 is 0 Å². The zero-order valence-electron chi connectivity index (χ0n) is 19.7. The van der Waals surface area contributed by atoms with Gasteiger partial charge >= 0.3 is 0 Å². The number of hydrogen-bond donors (Lipinski definition) is 2. The zero-order valence-corrected chi connectivity index (χ0v) is 20.5. The Labute approximate surface area is 206 Å². The van der Waals surface area contributed by atoms with Gasteiger partial charge in [-0.15, -0.1) is 0 Å². The molecular formula is C27H30FN3O3S. The number of nitrogens with one attached hydrogen (secondary N) is 2. The molecule has 2 N–H and O–H groups in total. The van der Waals surface area contributed by atoms with E-state index in [4.69, 9.17) is 0 Å². The Bertz CT molecular complexity index is 1260. The lowest BCUT2D eigenvalue weighted by Crippen LogP contribution is -2.40. The molecule has 4 rings (SSSR count). The number of benzene rings is 3. The molecule has 1 aliphatic heterocycles. The number of piperidine rings is 1. The van der Waals surface area contributed by atoms with Crippen LogP contribution in [0.2, 0.25) is 0 Å². The lowest BCUT2D eigenvalue weighted by molar-refractivity contribution is 0.0930. The second-order valence-corrected chi connectivity index (χ2v) is 10.7. The molecule has 1 aliphatic rings. The highest BCUT2D eigenvalue weighted by Gasteiger charge is 2.21. The molecule has 8 heteroatoms. The number of rotatable bonds is 8. The van der Waals surface area contributed by atoms with Crippen molar-refractivity contribution in [1.82, 2.24) is 10.2 Å². The van der Waals surface area contributed by atoms with Gasteiger partial charge in [-0.2, -0.15) is 0 Å². The van der Waals surface area contributed by atoms with Crippen LogP contribution < -0.4 is 10.0 Å². The maximum absolute atomic E-state index is 13.5. The van der Waals surface area contributed by atoms with E-state index in [1.165, 1.54) is 24.6 Å². The molecule has 6 nitrogen and oxygen atoms in total. The van der Waals surface area contributed by atoms with Gasteiger partial charge in [0.05, 0.1) is 4.90 Å². The van der Waals surface area contributed by atoms with Gasteiger partial charge in [0.25, 0.3) is 15.9 Å². The van der Waals surface area contributed by atoms with Crippen molar-refractivity contribution in [3.05, 3.63) is 95.3 Å². The molecule has 1 amide bonds. The minimum absolute atomic E-state index is 0.0213. The molecule has 0 radical (unpaired) electrons. The first kappa shape index (κ1) is 24.9. The van der Waals surface area contributed by atoms with Crippen molar-refractivity contribution < 1.29 is 17.6 Å². The molecule has 0 bridgehead atoms. The molecule has 0 aliphatic carbocycles. The number of hydrogen-bond acceptors (Lipinski definition) is 4. The van der Waals surface area contributed by atoms with Crippen molar-refractivity contribution in [2.45, 2.75) is 31.2 Å². The van der Waals surface area contributed by atoms with E-state index in [9.17, 15) is 17.6 Å². The maximum Gasteiger partial charge on any atom is 0.261 e. The summed E-state index contributed by atoms with van der Waals surface area (Å²) >= 11 is 0. The van der Waals surface area contributed by atoms with Gasteiger partial charge in [-0.05, 0) is 85.8 Å². The van der Waals surface area contributed by atoms with Gasteiger partial charge < -0.3 is 5.32 Å². The van der Waals surface area contributed by atoms with Crippen LogP contribution in [0.4, 0.5) is 10.1 Å². The van der Waals surface area contributed by atoms with Gasteiger partial charge in [-0.3, -0.25) is 14.4 Å². The number of aryl methyl sites for hydroxylation is 1. The van der Waals surface area contributed by atoms with Crippen LogP contribution in [-0.2, 0) is 16.6 Å². The number of amides is 1. The van der Waals surface area contributed by atoms with Crippen molar-refractivity contribution in [2.75, 3.05) is 24.4 Å². The molecule has 1 fully saturated rings. The third-order valence-electron chi connectivity index (χ3n) is 6.24. The molecule has 35 heavy (non-hydrogen) atoms. The Hall–Kier alpha value is -3.23. The minimum Gasteiger partial charge on any atom is -0.352 e. The number of anilines is 1. The van der Waals surface area contributed by atoms with E-state index in [0.717, 1.165) is 38.5 Å². The fourth-order valence-corrected chi connectivity index (χ4v) is 5.47. The smallest absolute Gasteiger partial charge is 0.261 e. The molecule has 0 saturated carbocycles. The van der Waals surface area contributed by atoms with E-state index in [2.05, 4.69) is 39.2 Å². The molecule has 184 valence electrons. The third-order valence-corrected chi connectivity index (χ3v) is 7.62. The number of likely N-dealkylation sites (tertiary alicyclic amines) is 1. The predicted molar refractivity (Wildman–Crippen MR) is 135 cm³/mol. The van der Waals surface area contributed by atoms with E-state index in [0.29, 0.717) is 23.7 Å². The molecule has 1 heterocycles. The Kier molecular flexibility index (Phi) is 7.83. The van der Waals surface area contributed by atoms with Crippen molar-refractivity contribution in [2.24, 2.45) is 5.92 Å². The van der Waals surface area contributed by atoms with Crippen LogP contribution in [0, 0.1) is 18.7 Å². The second-order valence-electron chi connectivity index (χ2n) is 9.03. The summed E-state index contributed by atoms with van der Waals surface area (Å²) < 4.78 is 41.1. The highest BCUT2D eigenvalue weighted by atomic mass is 32.2. The first-order valence-corrected chi connectivity index (χ1v) is 13.2. The SMILES string of the molecule is Cc1cc(S(=O)(=O)Nc2ccc(C(=O)NCC3CCCN(Cc4ccccc4)C3)cc2)ccc1F. The van der Waals surface area contributed by atoms with Crippen LogP contribution in [0.25, 0.3) is 0 Å². The maximum atomic E-state index is 13.5. The average molecular weight is 496 g/mol. The standard InChI is InChI=1S/C27H30FN3O3S/c1-20-16-25(13-14-26(20)28)35(33,34)30-24-11-9-23(10-12-24)27(32)29-17-22-8-5-15-31(19-22)18-21-6-3-2-4-7-21/h2-4,6-7,9-14,16,22,30H,5,8,15,17-19H2,1H3,(H,29,32). The van der Waals surface area contributed by atoms with Crippen LogP contribution in [0.3, 0.4) is 0 Å². The number of nitrogens with zero attached hydrogens (tertiary/aromatic N) is 1. The van der Waals surface area contributed by atoms with Crippen molar-refractivity contribution >= 4 is 21.6 Å². The fourth-order valence-electron chi connectivity index (χ4n) is 4.33. The van der Waals surface area contributed by atoms with Gasteiger partial charge in [-0.25, -0.2) is 12.8 Å². The van der Waals surface area contributed by atoms with Gasteiger partial charge in [0.1, 0.15) is 5.82 Å². The van der Waals surface area contributed by atoms with Crippen LogP contribution in [0.15, 0.2) is 77.7 Å². The summed E-state index contributed by atoms with van der Waals surface area (Å²) in [7, 11) is -3.86. The molecule has 3 aromatic carbocycles. The monoisotopic (exact) mass is 495 g/mol. The Morgan fingerprint density at radius 2 is 1.80 bits per heavy atom. The third kappa shape index (κ3) is 6.68. The largest absolute Gasteiger partial charge is 0.352 e. The molecule has 1 atom stereocenters. The summed E-state index contributed by atoms with van der Waals surface area (Å²) in [5.41, 5.74) is 2.33. The molecular weight excluding hydrogens is 465 g/mol. The van der Waals surface area contributed by atoms with E-state index < -0.39 is 15.8 Å².